The molecule has 1 fully saturated rings. The highest BCUT2D eigenvalue weighted by Crippen LogP contribution is 2.24. The number of tetrazole rings is 1. The zero-order chi connectivity index (χ0) is 25.4. The maximum atomic E-state index is 12.2. The van der Waals surface area contributed by atoms with E-state index in [1.54, 1.807) is 25.2 Å². The molecule has 36 heavy (non-hydrogen) atoms. The smallest absolute Gasteiger partial charge is 0.412 e. The lowest BCUT2D eigenvalue weighted by Gasteiger charge is -2.34. The van der Waals surface area contributed by atoms with Crippen LogP contribution in [0, 0.1) is 5.41 Å². The van der Waals surface area contributed by atoms with Gasteiger partial charge in [-0.25, -0.2) is 14.5 Å². The number of amides is 1. The van der Waals surface area contributed by atoms with Crippen molar-refractivity contribution < 1.29 is 23.8 Å². The number of pyridine rings is 1. The van der Waals surface area contributed by atoms with E-state index in [0.29, 0.717) is 42.7 Å². The quantitative estimate of drug-likeness (QED) is 0.351. The van der Waals surface area contributed by atoms with Crippen molar-refractivity contribution in [2.75, 3.05) is 25.1 Å². The number of aromatic nitrogens is 5. The Labute approximate surface area is 208 Å². The van der Waals surface area contributed by atoms with Crippen molar-refractivity contribution >= 4 is 17.6 Å². The van der Waals surface area contributed by atoms with Gasteiger partial charge in [-0.2, -0.15) is 0 Å². The van der Waals surface area contributed by atoms with E-state index in [0.717, 1.165) is 5.56 Å². The van der Waals surface area contributed by atoms with Gasteiger partial charge in [-0.3, -0.25) is 5.32 Å². The molecule has 0 spiro atoms. The highest BCUT2D eigenvalue weighted by atomic mass is 16.7. The topological polar surface area (TPSA) is 135 Å². The van der Waals surface area contributed by atoms with E-state index in [-0.39, 0.29) is 24.9 Å². The first kappa shape index (κ1) is 25.2. The minimum absolute atomic E-state index is 0.00377. The van der Waals surface area contributed by atoms with Gasteiger partial charge in [0.15, 0.2) is 18.6 Å². The van der Waals surface area contributed by atoms with Gasteiger partial charge >= 0.3 is 6.09 Å². The summed E-state index contributed by atoms with van der Waals surface area (Å²) in [7, 11) is 1.72. The molecule has 1 aliphatic rings. The molecule has 12 nitrogen and oxygen atoms in total. The Bertz CT molecular complexity index is 1170. The Morgan fingerprint density at radius 2 is 1.94 bits per heavy atom. The minimum Gasteiger partial charge on any atom is -0.449 e. The molecule has 0 radical (unpaired) electrons. The molecule has 0 atom stereocenters. The maximum absolute atomic E-state index is 12.2. The molecule has 4 rings (SSSR count). The molecule has 1 amide bonds. The predicted octanol–water partition coefficient (Wildman–Crippen LogP) is 2.91. The number of hydrogen-bond acceptors (Lipinski definition) is 10. The first-order valence-corrected chi connectivity index (χ1v) is 11.5. The number of carbonyl (C=O) groups is 1. The largest absolute Gasteiger partial charge is 0.449 e. The van der Waals surface area contributed by atoms with Crippen molar-refractivity contribution in [3.63, 3.8) is 0 Å². The number of carbonyl (C=O) groups excluding carboxylic acids is 1. The molecule has 0 bridgehead atoms. The van der Waals surface area contributed by atoms with Gasteiger partial charge < -0.3 is 19.0 Å². The molecule has 1 N–H and O–H groups in total. The molecular formula is C24H29N7O5. The molecule has 1 saturated heterocycles. The van der Waals surface area contributed by atoms with E-state index in [1.807, 2.05) is 30.3 Å². The molecule has 1 aliphatic heterocycles. The van der Waals surface area contributed by atoms with Crippen LogP contribution in [-0.2, 0) is 32.7 Å². The maximum Gasteiger partial charge on any atom is 0.412 e. The van der Waals surface area contributed by atoms with Gasteiger partial charge in [-0.15, -0.1) is 5.10 Å². The molecule has 3 aromatic rings. The zero-order valence-electron chi connectivity index (χ0n) is 20.5. The summed E-state index contributed by atoms with van der Waals surface area (Å²) >= 11 is 0. The summed E-state index contributed by atoms with van der Waals surface area (Å²) in [5.41, 5.74) is 1.84. The SMILES string of the molecule is Cn1nnnc1C(=NOCc1cccc(NC(=O)OCCC2OCC(C)(C)CO2)n1)c1ccccc1. The van der Waals surface area contributed by atoms with Crippen LogP contribution in [0.2, 0.25) is 0 Å². The first-order valence-electron chi connectivity index (χ1n) is 11.5. The van der Waals surface area contributed by atoms with Gasteiger partial charge in [0, 0.05) is 24.4 Å². The van der Waals surface area contributed by atoms with Gasteiger partial charge in [-0.05, 0) is 22.6 Å². The number of nitrogens with one attached hydrogen (secondary N) is 1. The third-order valence-corrected chi connectivity index (χ3v) is 5.19. The van der Waals surface area contributed by atoms with Gasteiger partial charge in [0.1, 0.15) is 5.82 Å². The highest BCUT2D eigenvalue weighted by molar-refractivity contribution is 6.10. The number of oxime groups is 1. The zero-order valence-corrected chi connectivity index (χ0v) is 20.5. The summed E-state index contributed by atoms with van der Waals surface area (Å²) < 4.78 is 18.0. The van der Waals surface area contributed by atoms with Crippen LogP contribution in [0.3, 0.4) is 0 Å². The summed E-state index contributed by atoms with van der Waals surface area (Å²) in [4.78, 5) is 22.1. The number of anilines is 1. The van der Waals surface area contributed by atoms with Crippen molar-refractivity contribution in [2.45, 2.75) is 33.2 Å². The van der Waals surface area contributed by atoms with E-state index in [9.17, 15) is 4.79 Å². The van der Waals surface area contributed by atoms with Crippen molar-refractivity contribution in [3.05, 3.63) is 65.6 Å². The summed E-state index contributed by atoms with van der Waals surface area (Å²) in [5.74, 6) is 0.790. The van der Waals surface area contributed by atoms with Crippen molar-refractivity contribution in [2.24, 2.45) is 17.6 Å². The molecule has 3 heterocycles. The summed E-state index contributed by atoms with van der Waals surface area (Å²) in [6.07, 6.45) is -0.535. The van der Waals surface area contributed by atoms with Gasteiger partial charge in [-0.1, -0.05) is 55.4 Å². The van der Waals surface area contributed by atoms with Gasteiger partial charge in [0.05, 0.1) is 25.5 Å². The molecule has 1 aromatic carbocycles. The molecule has 0 aliphatic carbocycles. The van der Waals surface area contributed by atoms with Crippen LogP contribution >= 0.6 is 0 Å². The normalized spacial score (nSPS) is 15.9. The predicted molar refractivity (Wildman–Crippen MR) is 129 cm³/mol. The molecule has 0 saturated carbocycles. The third kappa shape index (κ3) is 7.06. The van der Waals surface area contributed by atoms with Crippen LogP contribution in [0.1, 0.15) is 37.4 Å². The second kappa shape index (κ2) is 11.7. The van der Waals surface area contributed by atoms with Crippen LogP contribution in [-0.4, -0.2) is 63.1 Å². The fourth-order valence-corrected chi connectivity index (χ4v) is 3.32. The van der Waals surface area contributed by atoms with E-state index in [2.05, 4.69) is 44.8 Å². The molecular weight excluding hydrogens is 466 g/mol. The van der Waals surface area contributed by atoms with E-state index < -0.39 is 6.09 Å². The molecule has 2 aromatic heterocycles. The molecule has 190 valence electrons. The fourth-order valence-electron chi connectivity index (χ4n) is 3.32. The summed E-state index contributed by atoms with van der Waals surface area (Å²) in [5, 5.41) is 18.4. The summed E-state index contributed by atoms with van der Waals surface area (Å²) in [6, 6.07) is 14.6. The number of benzene rings is 1. The second-order valence-electron chi connectivity index (χ2n) is 8.98. The lowest BCUT2D eigenvalue weighted by molar-refractivity contribution is -0.225. The van der Waals surface area contributed by atoms with Crippen LogP contribution < -0.4 is 5.32 Å². The Balaban J connectivity index is 1.29. The standard InChI is InChI=1S/C24H29N7O5/c1-24(2)15-34-20(35-16-24)12-13-33-23(32)26-19-11-7-10-18(25-19)14-36-28-21(17-8-5-4-6-9-17)22-27-29-30-31(22)3/h4-11,20H,12-16H2,1-3H3,(H,25,26,32). The lowest BCUT2D eigenvalue weighted by atomic mass is 9.95. The fraction of sp³-hybridized carbons (Fsp3) is 0.417. The first-order chi connectivity index (χ1) is 17.4. The highest BCUT2D eigenvalue weighted by Gasteiger charge is 2.28. The lowest BCUT2D eigenvalue weighted by Crippen LogP contribution is -2.38. The second-order valence-corrected chi connectivity index (χ2v) is 8.98. The average Bonchev–Trinajstić information content (AvgIpc) is 3.29. The Morgan fingerprint density at radius 1 is 1.17 bits per heavy atom. The Hall–Kier alpha value is -3.90. The van der Waals surface area contributed by atoms with Crippen molar-refractivity contribution in [3.8, 4) is 0 Å². The van der Waals surface area contributed by atoms with E-state index in [4.69, 9.17) is 19.0 Å². The van der Waals surface area contributed by atoms with E-state index >= 15 is 0 Å². The number of aryl methyl sites for hydroxylation is 1. The Morgan fingerprint density at radius 3 is 2.67 bits per heavy atom. The van der Waals surface area contributed by atoms with Crippen LogP contribution in [0.25, 0.3) is 0 Å². The molecule has 12 heteroatoms. The van der Waals surface area contributed by atoms with Gasteiger partial charge in [0.2, 0.25) is 5.82 Å². The van der Waals surface area contributed by atoms with Crippen molar-refractivity contribution in [1.29, 1.82) is 0 Å². The van der Waals surface area contributed by atoms with Crippen LogP contribution in [0.4, 0.5) is 10.6 Å². The summed E-state index contributed by atoms with van der Waals surface area (Å²) in [6.45, 7) is 5.59. The monoisotopic (exact) mass is 495 g/mol. The number of rotatable bonds is 9. The number of ether oxygens (including phenoxy) is 3. The van der Waals surface area contributed by atoms with Crippen LogP contribution in [0.5, 0.6) is 0 Å². The van der Waals surface area contributed by atoms with Crippen molar-refractivity contribution in [1.82, 2.24) is 25.2 Å². The van der Waals surface area contributed by atoms with Crippen LogP contribution in [0.15, 0.2) is 53.7 Å². The average molecular weight is 496 g/mol. The molecule has 0 unspecified atom stereocenters. The number of nitrogens with zero attached hydrogens (tertiary/aromatic N) is 6. The van der Waals surface area contributed by atoms with E-state index in [1.165, 1.54) is 4.68 Å². The van der Waals surface area contributed by atoms with Gasteiger partial charge in [0.25, 0.3) is 0 Å². The third-order valence-electron chi connectivity index (χ3n) is 5.19. The minimum atomic E-state index is -0.615. The number of hydrogen-bond donors (Lipinski definition) is 1. The Kier molecular flexibility index (Phi) is 8.18.